The van der Waals surface area contributed by atoms with Crippen molar-refractivity contribution in [2.75, 3.05) is 0 Å². The first kappa shape index (κ1) is 17.3. The van der Waals surface area contributed by atoms with Gasteiger partial charge in [0.1, 0.15) is 0 Å². The molecular formula is C12H27NiP. The van der Waals surface area contributed by atoms with E-state index in [1.165, 1.54) is 0 Å². The summed E-state index contributed by atoms with van der Waals surface area (Å²) in [5.74, 6) is 0. The summed E-state index contributed by atoms with van der Waals surface area (Å²) in [7, 11) is 0.0162. The molecule has 0 unspecified atom stereocenters. The van der Waals surface area contributed by atoms with Crippen molar-refractivity contribution in [1.29, 1.82) is 0 Å². The van der Waals surface area contributed by atoms with E-state index >= 15 is 0 Å². The quantitative estimate of drug-likeness (QED) is 0.431. The van der Waals surface area contributed by atoms with Gasteiger partial charge in [-0.15, -0.1) is 0 Å². The molecule has 0 aliphatic carbocycles. The molecule has 0 saturated heterocycles. The van der Waals surface area contributed by atoms with Crippen molar-refractivity contribution in [3.05, 3.63) is 0 Å². The minimum absolute atomic E-state index is 0. The van der Waals surface area contributed by atoms with E-state index < -0.39 is 0 Å². The Morgan fingerprint density at radius 3 is 0.643 bits per heavy atom. The summed E-state index contributed by atoms with van der Waals surface area (Å²) in [6.07, 6.45) is 0. The predicted octanol–water partition coefficient (Wildman–Crippen LogP) is 4.86. The molecule has 90 valence electrons. The van der Waals surface area contributed by atoms with Crippen molar-refractivity contribution in [3.63, 3.8) is 0 Å². The second kappa shape index (κ2) is 4.84. The normalized spacial score (nSPS) is 14.1. The Bertz CT molecular complexity index is 133. The third-order valence-electron chi connectivity index (χ3n) is 2.01. The zero-order chi connectivity index (χ0) is 11.1. The monoisotopic (exact) mass is 260 g/mol. The largest absolute Gasteiger partial charge is 0.0901 e. The molecule has 0 atom stereocenters. The molecule has 0 aliphatic rings. The van der Waals surface area contributed by atoms with Gasteiger partial charge < -0.3 is 0 Å². The summed E-state index contributed by atoms with van der Waals surface area (Å²) >= 11 is 0. The van der Waals surface area contributed by atoms with Gasteiger partial charge in [0.05, 0.1) is 0 Å². The van der Waals surface area contributed by atoms with Crippen LogP contribution in [0.5, 0.6) is 0 Å². The minimum Gasteiger partial charge on any atom is -0.0901 e. The molecule has 0 heterocycles. The van der Waals surface area contributed by atoms with Gasteiger partial charge in [0.15, 0.2) is 0 Å². The Balaban J connectivity index is 0. The number of hydrogen-bond donors (Lipinski definition) is 0. The van der Waals surface area contributed by atoms with E-state index in [0.29, 0.717) is 15.5 Å². The Morgan fingerprint density at radius 1 is 0.500 bits per heavy atom. The Morgan fingerprint density at radius 2 is 0.643 bits per heavy atom. The first-order valence-corrected chi connectivity index (χ1v) is 6.51. The second-order valence-electron chi connectivity index (χ2n) is 6.85. The topological polar surface area (TPSA) is 0 Å². The van der Waals surface area contributed by atoms with Crippen molar-refractivity contribution in [1.82, 2.24) is 0 Å². The molecular weight excluding hydrogens is 234 g/mol. The molecule has 2 heteroatoms. The van der Waals surface area contributed by atoms with Crippen LogP contribution in [0, 0.1) is 0 Å². The van der Waals surface area contributed by atoms with Crippen LogP contribution in [-0.4, -0.2) is 15.5 Å². The van der Waals surface area contributed by atoms with Crippen molar-refractivity contribution < 1.29 is 16.5 Å². The first-order chi connectivity index (χ1) is 5.37. The third-order valence-corrected chi connectivity index (χ3v) is 6.04. The second-order valence-corrected chi connectivity index (χ2v) is 11.5. The van der Waals surface area contributed by atoms with Crippen LogP contribution >= 0.6 is 7.92 Å². The van der Waals surface area contributed by atoms with E-state index in [9.17, 15) is 0 Å². The zero-order valence-corrected chi connectivity index (χ0v) is 13.1. The fourth-order valence-corrected chi connectivity index (χ4v) is 9.06. The molecule has 0 bridgehead atoms. The average molecular weight is 261 g/mol. The molecule has 0 N–H and O–H groups in total. The maximum atomic E-state index is 2.38. The maximum Gasteiger partial charge on any atom is 0 e. The van der Waals surface area contributed by atoms with Gasteiger partial charge in [0.2, 0.25) is 0 Å². The molecule has 0 saturated carbocycles. The van der Waals surface area contributed by atoms with Crippen LogP contribution in [0.2, 0.25) is 0 Å². The summed E-state index contributed by atoms with van der Waals surface area (Å²) in [5, 5.41) is 1.35. The van der Waals surface area contributed by atoms with E-state index in [-0.39, 0.29) is 24.4 Å². The zero-order valence-electron chi connectivity index (χ0n) is 11.3. The van der Waals surface area contributed by atoms with Gasteiger partial charge in [-0.3, -0.25) is 0 Å². The van der Waals surface area contributed by atoms with Crippen LogP contribution in [0.1, 0.15) is 62.3 Å². The fraction of sp³-hybridized carbons (Fsp3) is 1.00. The molecule has 0 aromatic heterocycles. The van der Waals surface area contributed by atoms with Gasteiger partial charge in [0, 0.05) is 16.5 Å². The number of hydrogen-bond acceptors (Lipinski definition) is 0. The van der Waals surface area contributed by atoms with E-state index in [0.717, 1.165) is 0 Å². The van der Waals surface area contributed by atoms with Gasteiger partial charge in [-0.25, -0.2) is 0 Å². The van der Waals surface area contributed by atoms with Gasteiger partial charge in [-0.2, -0.15) is 0 Å². The first-order valence-electron chi connectivity index (χ1n) is 5.17. The standard InChI is InChI=1S/C12H27P.Ni/c1-10(2,3)13(11(4,5)6)12(7,8)9;/h1-9H3;. The van der Waals surface area contributed by atoms with Gasteiger partial charge in [-0.05, 0) is 15.5 Å². The van der Waals surface area contributed by atoms with Crippen molar-refractivity contribution in [2.45, 2.75) is 77.8 Å². The Labute approximate surface area is 102 Å². The molecule has 0 aromatic carbocycles. The van der Waals surface area contributed by atoms with Crippen LogP contribution in [0.3, 0.4) is 0 Å². The smallest absolute Gasteiger partial charge is 0 e. The summed E-state index contributed by atoms with van der Waals surface area (Å²) in [5.41, 5.74) is 0. The molecule has 0 fully saturated rings. The molecule has 0 radical (unpaired) electrons. The van der Waals surface area contributed by atoms with Crippen LogP contribution in [-0.2, 0) is 16.5 Å². The van der Waals surface area contributed by atoms with Crippen molar-refractivity contribution >= 4 is 7.92 Å². The third kappa shape index (κ3) is 5.13. The molecule has 0 aromatic rings. The van der Waals surface area contributed by atoms with E-state index in [1.807, 2.05) is 0 Å². The van der Waals surface area contributed by atoms with Crippen LogP contribution < -0.4 is 0 Å². The number of rotatable bonds is 0. The van der Waals surface area contributed by atoms with Gasteiger partial charge >= 0.3 is 0 Å². The van der Waals surface area contributed by atoms with Crippen molar-refractivity contribution in [3.8, 4) is 0 Å². The summed E-state index contributed by atoms with van der Waals surface area (Å²) in [4.78, 5) is 0. The minimum atomic E-state index is 0. The van der Waals surface area contributed by atoms with Crippen LogP contribution in [0.15, 0.2) is 0 Å². The van der Waals surface area contributed by atoms with E-state index in [1.54, 1.807) is 0 Å². The van der Waals surface area contributed by atoms with Crippen LogP contribution in [0.25, 0.3) is 0 Å². The SMILES string of the molecule is CC(C)(C)P(C(C)(C)C)C(C)(C)C.[Ni]. The van der Waals surface area contributed by atoms with Crippen molar-refractivity contribution in [2.24, 2.45) is 0 Å². The van der Waals surface area contributed by atoms with E-state index in [4.69, 9.17) is 0 Å². The van der Waals surface area contributed by atoms with Crippen LogP contribution in [0.4, 0.5) is 0 Å². The summed E-state index contributed by atoms with van der Waals surface area (Å²) in [6.45, 7) is 21.5. The molecule has 0 aliphatic heterocycles. The Kier molecular flexibility index (Phi) is 5.99. The predicted molar refractivity (Wildman–Crippen MR) is 66.2 cm³/mol. The summed E-state index contributed by atoms with van der Waals surface area (Å²) < 4.78 is 0. The fourth-order valence-electron chi connectivity index (χ4n) is 3.02. The molecule has 0 spiro atoms. The maximum absolute atomic E-state index is 2.38. The molecule has 0 nitrogen and oxygen atoms in total. The molecule has 0 rings (SSSR count). The Hall–Kier alpha value is 0.924. The van der Waals surface area contributed by atoms with Gasteiger partial charge in [0.25, 0.3) is 0 Å². The summed E-state index contributed by atoms with van der Waals surface area (Å²) in [6, 6.07) is 0. The average Bonchev–Trinajstić information content (AvgIpc) is 1.44. The molecule has 0 amide bonds. The molecule has 14 heavy (non-hydrogen) atoms. The van der Waals surface area contributed by atoms with E-state index in [2.05, 4.69) is 62.3 Å². The van der Waals surface area contributed by atoms with Gasteiger partial charge in [-0.1, -0.05) is 70.2 Å².